The number of fused-ring (bicyclic) bond motifs is 3. The van der Waals surface area contributed by atoms with Gasteiger partial charge in [0, 0.05) is 30.4 Å². The number of carbonyl (C=O) groups is 3. The SMILES string of the molecule is Cc1[nH]c(CN(C(=O)OCC2c3ccccc3-c3ccccc32)C2CN(C(=O)OC(C)(C)C)C2)cc1C(=O)O. The minimum atomic E-state index is -1.04. The van der Waals surface area contributed by atoms with E-state index >= 15 is 0 Å². The molecule has 1 aromatic heterocycles. The Bertz CT molecular complexity index is 1370. The number of aryl methyl sites for hydroxylation is 1. The van der Waals surface area contributed by atoms with Gasteiger partial charge in [-0.2, -0.15) is 0 Å². The van der Waals surface area contributed by atoms with E-state index < -0.39 is 23.8 Å². The van der Waals surface area contributed by atoms with Crippen LogP contribution in [0, 0.1) is 6.92 Å². The molecule has 2 N–H and O–H groups in total. The van der Waals surface area contributed by atoms with Crippen molar-refractivity contribution in [3.8, 4) is 11.1 Å². The largest absolute Gasteiger partial charge is 0.478 e. The molecule has 0 spiro atoms. The van der Waals surface area contributed by atoms with E-state index in [9.17, 15) is 19.5 Å². The standard InChI is InChI=1S/C30H33N3O6/c1-18-25(27(34)35)13-19(31-18)14-33(20-15-32(16-20)28(36)39-30(2,3)4)29(37)38-17-26-23-11-7-5-9-21(23)22-10-6-8-12-24(22)26/h5-13,20,26,31H,14-17H2,1-4H3,(H,34,35). The van der Waals surface area contributed by atoms with Crippen LogP contribution < -0.4 is 0 Å². The van der Waals surface area contributed by atoms with Crippen LogP contribution in [0.1, 0.15) is 59.6 Å². The first-order valence-corrected chi connectivity index (χ1v) is 13.0. The summed E-state index contributed by atoms with van der Waals surface area (Å²) < 4.78 is 11.4. The predicted molar refractivity (Wildman–Crippen MR) is 145 cm³/mol. The molecule has 2 aliphatic rings. The summed E-state index contributed by atoms with van der Waals surface area (Å²) in [5.41, 5.74) is 5.13. The van der Waals surface area contributed by atoms with E-state index in [0.29, 0.717) is 24.5 Å². The van der Waals surface area contributed by atoms with Crippen molar-refractivity contribution in [3.05, 3.63) is 82.7 Å². The number of nitrogens with zero attached hydrogens (tertiary/aromatic N) is 2. The molecule has 39 heavy (non-hydrogen) atoms. The van der Waals surface area contributed by atoms with E-state index in [1.54, 1.807) is 37.5 Å². The molecule has 2 heterocycles. The zero-order chi connectivity index (χ0) is 27.9. The maximum absolute atomic E-state index is 13.5. The summed E-state index contributed by atoms with van der Waals surface area (Å²) in [5, 5.41) is 9.46. The van der Waals surface area contributed by atoms with Gasteiger partial charge in [-0.15, -0.1) is 0 Å². The van der Waals surface area contributed by atoms with E-state index in [0.717, 1.165) is 22.3 Å². The fraction of sp³-hybridized carbons (Fsp3) is 0.367. The first-order chi connectivity index (χ1) is 18.5. The van der Waals surface area contributed by atoms with Gasteiger partial charge in [0.2, 0.25) is 0 Å². The summed E-state index contributed by atoms with van der Waals surface area (Å²) in [5.74, 6) is -1.13. The first kappa shape index (κ1) is 26.3. The Kier molecular flexibility index (Phi) is 6.84. The fourth-order valence-electron chi connectivity index (χ4n) is 5.27. The van der Waals surface area contributed by atoms with Crippen molar-refractivity contribution in [1.82, 2.24) is 14.8 Å². The molecule has 2 amide bonds. The lowest BCUT2D eigenvalue weighted by Crippen LogP contribution is -2.62. The number of carboxylic acid groups (broad SMARTS) is 1. The van der Waals surface area contributed by atoms with E-state index in [2.05, 4.69) is 29.2 Å². The Hall–Kier alpha value is -4.27. The quantitative estimate of drug-likeness (QED) is 0.441. The van der Waals surface area contributed by atoms with Crippen molar-refractivity contribution in [2.24, 2.45) is 0 Å². The van der Waals surface area contributed by atoms with Crippen molar-refractivity contribution in [1.29, 1.82) is 0 Å². The van der Waals surface area contributed by atoms with E-state index in [-0.39, 0.29) is 30.7 Å². The summed E-state index contributed by atoms with van der Waals surface area (Å²) in [4.78, 5) is 43.8. The number of carboxylic acids is 1. The van der Waals surface area contributed by atoms with Crippen LogP contribution in [0.4, 0.5) is 9.59 Å². The number of rotatable bonds is 6. The van der Waals surface area contributed by atoms with Crippen molar-refractivity contribution in [2.75, 3.05) is 19.7 Å². The van der Waals surface area contributed by atoms with Gasteiger partial charge in [-0.25, -0.2) is 14.4 Å². The highest BCUT2D eigenvalue weighted by Crippen LogP contribution is 2.44. The Labute approximate surface area is 227 Å². The number of aromatic nitrogens is 1. The van der Waals surface area contributed by atoms with Crippen LogP contribution in [-0.2, 0) is 16.0 Å². The molecule has 3 aromatic rings. The van der Waals surface area contributed by atoms with E-state index in [1.807, 2.05) is 24.3 Å². The second kappa shape index (κ2) is 10.1. The number of amides is 2. The highest BCUT2D eigenvalue weighted by atomic mass is 16.6. The van der Waals surface area contributed by atoms with Gasteiger partial charge in [-0.1, -0.05) is 48.5 Å². The highest BCUT2D eigenvalue weighted by Gasteiger charge is 2.40. The minimum Gasteiger partial charge on any atom is -0.478 e. The summed E-state index contributed by atoms with van der Waals surface area (Å²) in [7, 11) is 0. The van der Waals surface area contributed by atoms with Gasteiger partial charge < -0.3 is 24.5 Å². The van der Waals surface area contributed by atoms with E-state index in [1.165, 1.54) is 6.07 Å². The zero-order valence-corrected chi connectivity index (χ0v) is 22.6. The van der Waals surface area contributed by atoms with Crippen LogP contribution in [-0.4, -0.2) is 69.4 Å². The van der Waals surface area contributed by atoms with Crippen molar-refractivity contribution >= 4 is 18.2 Å². The third-order valence-corrected chi connectivity index (χ3v) is 7.17. The van der Waals surface area contributed by atoms with Crippen molar-refractivity contribution in [3.63, 3.8) is 0 Å². The summed E-state index contributed by atoms with van der Waals surface area (Å²) in [6, 6.07) is 17.5. The lowest BCUT2D eigenvalue weighted by atomic mass is 9.98. The second-order valence-corrected chi connectivity index (χ2v) is 11.1. The minimum absolute atomic E-state index is 0.0887. The number of hydrogen-bond donors (Lipinski definition) is 2. The van der Waals surface area contributed by atoms with Crippen molar-refractivity contribution < 1.29 is 29.0 Å². The maximum atomic E-state index is 13.5. The second-order valence-electron chi connectivity index (χ2n) is 11.1. The van der Waals surface area contributed by atoms with Crippen LogP contribution in [0.2, 0.25) is 0 Å². The number of benzene rings is 2. The van der Waals surface area contributed by atoms with Gasteiger partial charge in [-0.3, -0.25) is 4.90 Å². The monoisotopic (exact) mass is 531 g/mol. The van der Waals surface area contributed by atoms with Gasteiger partial charge in [0.05, 0.1) is 18.2 Å². The normalized spacial score (nSPS) is 14.8. The lowest BCUT2D eigenvalue weighted by Gasteiger charge is -2.44. The third-order valence-electron chi connectivity index (χ3n) is 7.17. The molecular formula is C30H33N3O6. The molecule has 5 rings (SSSR count). The maximum Gasteiger partial charge on any atom is 0.410 e. The summed E-state index contributed by atoms with van der Waals surface area (Å²) in [6.07, 6.45) is -0.954. The predicted octanol–water partition coefficient (Wildman–Crippen LogP) is 5.39. The van der Waals surface area contributed by atoms with Crippen molar-refractivity contribution in [2.45, 2.75) is 51.8 Å². The van der Waals surface area contributed by atoms with Crippen LogP contribution in [0.25, 0.3) is 11.1 Å². The molecule has 1 aliphatic carbocycles. The molecule has 1 saturated heterocycles. The summed E-state index contributed by atoms with van der Waals surface area (Å²) >= 11 is 0. The smallest absolute Gasteiger partial charge is 0.410 e. The van der Waals surface area contributed by atoms with Crippen LogP contribution in [0.15, 0.2) is 54.6 Å². The van der Waals surface area contributed by atoms with Crippen LogP contribution in [0.3, 0.4) is 0 Å². The first-order valence-electron chi connectivity index (χ1n) is 13.0. The number of hydrogen-bond acceptors (Lipinski definition) is 5. The van der Waals surface area contributed by atoms with Crippen LogP contribution >= 0.6 is 0 Å². The number of likely N-dealkylation sites (tertiary alicyclic amines) is 1. The number of aromatic carboxylic acids is 1. The number of carbonyl (C=O) groups excluding carboxylic acids is 2. The molecule has 0 radical (unpaired) electrons. The molecule has 2 aromatic carbocycles. The molecular weight excluding hydrogens is 498 g/mol. The number of aromatic amines is 1. The van der Waals surface area contributed by atoms with Gasteiger partial charge in [0.15, 0.2) is 0 Å². The lowest BCUT2D eigenvalue weighted by molar-refractivity contribution is -0.0178. The average Bonchev–Trinajstić information content (AvgIpc) is 3.37. The molecule has 9 heteroatoms. The molecule has 1 fully saturated rings. The molecule has 0 saturated carbocycles. The molecule has 0 bridgehead atoms. The Morgan fingerprint density at radius 1 is 1.03 bits per heavy atom. The van der Waals surface area contributed by atoms with Gasteiger partial charge in [0.1, 0.15) is 12.2 Å². The third kappa shape index (κ3) is 5.34. The fourth-order valence-corrected chi connectivity index (χ4v) is 5.27. The van der Waals surface area contributed by atoms with Gasteiger partial charge in [0.25, 0.3) is 0 Å². The molecule has 0 unspecified atom stereocenters. The zero-order valence-electron chi connectivity index (χ0n) is 22.6. The molecule has 1 aliphatic heterocycles. The molecule has 9 nitrogen and oxygen atoms in total. The van der Waals surface area contributed by atoms with Gasteiger partial charge >= 0.3 is 18.2 Å². The molecule has 0 atom stereocenters. The number of H-pyrrole nitrogens is 1. The Morgan fingerprint density at radius 2 is 1.62 bits per heavy atom. The van der Waals surface area contributed by atoms with Crippen LogP contribution in [0.5, 0.6) is 0 Å². The summed E-state index contributed by atoms with van der Waals surface area (Å²) in [6.45, 7) is 7.97. The Balaban J connectivity index is 1.33. The average molecular weight is 532 g/mol. The van der Waals surface area contributed by atoms with E-state index in [4.69, 9.17) is 9.47 Å². The molecule has 204 valence electrons. The Morgan fingerprint density at radius 3 is 2.15 bits per heavy atom. The number of nitrogens with one attached hydrogen (secondary N) is 1. The number of ether oxygens (including phenoxy) is 2. The topological polar surface area (TPSA) is 112 Å². The van der Waals surface area contributed by atoms with Gasteiger partial charge in [-0.05, 0) is 56.0 Å². The highest BCUT2D eigenvalue weighted by molar-refractivity contribution is 5.89.